The van der Waals surface area contributed by atoms with Crippen LogP contribution in [0, 0.1) is 29.1 Å². The van der Waals surface area contributed by atoms with Crippen molar-refractivity contribution >= 4 is 83.1 Å². The molecule has 23 N–H and O–H groups in total. The van der Waals surface area contributed by atoms with Crippen LogP contribution in [-0.2, 0) is 119 Å². The van der Waals surface area contributed by atoms with Crippen molar-refractivity contribution in [2.45, 2.75) is 325 Å². The normalized spacial score (nSPS) is 25.6. The number of oxime groups is 1. The molecule has 0 radical (unpaired) electrons. The topological polar surface area (TPSA) is 712 Å². The number of carbonyl (C=O) groups excluding carboxylic acids is 12. The molecule has 0 aromatic rings. The Morgan fingerprint density at radius 3 is 1.25 bits per heavy atom. The zero-order valence-electron chi connectivity index (χ0n) is 85.2. The second kappa shape index (κ2) is 71.4. The number of carboxylic acid groups (broad SMARTS) is 1. The van der Waals surface area contributed by atoms with Crippen LogP contribution in [0.3, 0.4) is 0 Å². The Morgan fingerprint density at radius 1 is 0.410 bits per heavy atom. The summed E-state index contributed by atoms with van der Waals surface area (Å²) >= 11 is 0. The van der Waals surface area contributed by atoms with E-state index in [0.29, 0.717) is 83.6 Å². The summed E-state index contributed by atoms with van der Waals surface area (Å²) in [6, 6.07) is -4.09. The van der Waals surface area contributed by atoms with Crippen LogP contribution in [0.5, 0.6) is 0 Å². The molecule has 4 aliphatic rings. The van der Waals surface area contributed by atoms with E-state index >= 15 is 0 Å². The maximum Gasteiger partial charge on any atom is 0.364 e. The van der Waals surface area contributed by atoms with Gasteiger partial charge in [0, 0.05) is 175 Å². The zero-order valence-corrected chi connectivity index (χ0v) is 85.2. The first-order valence-electron chi connectivity index (χ1n) is 50.6. The Bertz CT molecular complexity index is 3780. The van der Waals surface area contributed by atoms with Crippen LogP contribution in [0.15, 0.2) is 5.16 Å². The smallest absolute Gasteiger partial charge is 0.364 e. The molecule has 12 amide bonds. The lowest BCUT2D eigenvalue weighted by atomic mass is 9.82. The number of rotatable bonds is 72. The lowest BCUT2D eigenvalue weighted by Gasteiger charge is -2.37. The van der Waals surface area contributed by atoms with Crippen LogP contribution in [0.1, 0.15) is 229 Å². The Kier molecular flexibility index (Phi) is 63.5. The fourth-order valence-electron chi connectivity index (χ4n) is 16.0. The number of aliphatic hydroxyl groups excluding tert-OH is 9. The van der Waals surface area contributed by atoms with Crippen molar-refractivity contribution in [1.82, 2.24) is 63.8 Å². The molecule has 0 aliphatic carbocycles. The van der Waals surface area contributed by atoms with Gasteiger partial charge in [0.05, 0.1) is 141 Å². The van der Waals surface area contributed by atoms with Crippen LogP contribution >= 0.6 is 0 Å². The molecular weight excluding hydrogens is 1900 g/mol. The lowest BCUT2D eigenvalue weighted by molar-refractivity contribution is -0.256. The molecule has 20 atom stereocenters. The quantitative estimate of drug-likeness (QED) is 0.0160. The number of unbranched alkanes of at least 4 members (excludes halogenated alkanes) is 11. The fourth-order valence-corrected chi connectivity index (χ4v) is 16.0. The largest absolute Gasteiger partial charge is 0.477 e. The Labute approximate surface area is 843 Å². The Balaban J connectivity index is 1.34. The van der Waals surface area contributed by atoms with E-state index in [1.165, 1.54) is 40.8 Å². The number of aliphatic hydroxyl groups is 10. The monoisotopic (exact) mass is 2070 g/mol. The first-order valence-corrected chi connectivity index (χ1v) is 50.6. The molecule has 830 valence electrons. The molecule has 4 rings (SSSR count). The summed E-state index contributed by atoms with van der Waals surface area (Å²) in [5, 5.41) is 152. The third-order valence-electron chi connectivity index (χ3n) is 24.4. The molecule has 4 heterocycles. The lowest BCUT2D eigenvalue weighted by Crippen LogP contribution is -2.59. The number of carbonyl (C=O) groups is 13. The SMILES string of the molecule is CC(=O)NC1CC(O)[C@H](O)C(CO)CO[C@@H]1OCCCCC(=O)NCCCNC(=O)CCOCC(COCCC(=O)NCCCNC(=O)CCCCO[C@H]1OCC(CO)[C@@H](O)[C@@H](O)C1NC(C)=O)(COCCC(=O)NCCCNC(=O)CCCCO[C@H]1OCC(CO)[C@@](C)(O)C(O)[C@H]1NC(C)=O)NC(=O)CCCCCCCCCCCNC(=O)CON=CC1CO[C@@](OCC(C)(C)C)(C(=O)O)C[C@H](O)[C@@H]1NC(C)=O. The minimum absolute atomic E-state index is 0.00795. The molecule has 49 nitrogen and oxygen atoms in total. The summed E-state index contributed by atoms with van der Waals surface area (Å²) in [6.07, 6.45) is -0.311. The van der Waals surface area contributed by atoms with Gasteiger partial charge in [0.1, 0.15) is 29.8 Å². The number of nitrogens with zero attached hydrogens (tertiary/aromatic N) is 1. The van der Waals surface area contributed by atoms with Gasteiger partial charge in [-0.2, -0.15) is 0 Å². The Hall–Kier alpha value is -8.26. The summed E-state index contributed by atoms with van der Waals surface area (Å²) in [5.74, 6) is -11.6. The number of hydrogen-bond acceptors (Lipinski definition) is 36. The second-order valence-corrected chi connectivity index (χ2v) is 38.6. The minimum atomic E-state index is -2.20. The molecule has 144 heavy (non-hydrogen) atoms. The Morgan fingerprint density at radius 2 is 0.799 bits per heavy atom. The first kappa shape index (κ1) is 128. The van der Waals surface area contributed by atoms with Crippen molar-refractivity contribution in [1.29, 1.82) is 0 Å². The van der Waals surface area contributed by atoms with E-state index in [1.54, 1.807) is 0 Å². The molecule has 0 bridgehead atoms. The second-order valence-electron chi connectivity index (χ2n) is 38.6. The maximum atomic E-state index is 14.2. The molecule has 0 aromatic carbocycles. The van der Waals surface area contributed by atoms with Crippen molar-refractivity contribution in [3.8, 4) is 0 Å². The van der Waals surface area contributed by atoms with E-state index in [0.717, 1.165) is 38.5 Å². The van der Waals surface area contributed by atoms with Crippen molar-refractivity contribution in [3.05, 3.63) is 0 Å². The van der Waals surface area contributed by atoms with Gasteiger partial charge >= 0.3 is 5.97 Å². The predicted octanol–water partition coefficient (Wildman–Crippen LogP) is -3.39. The van der Waals surface area contributed by atoms with Crippen LogP contribution in [0.2, 0.25) is 0 Å². The average molecular weight is 2070 g/mol. The van der Waals surface area contributed by atoms with Crippen molar-refractivity contribution in [2.24, 2.45) is 34.2 Å². The van der Waals surface area contributed by atoms with Gasteiger partial charge in [0.2, 0.25) is 65.0 Å². The average Bonchev–Trinajstić information content (AvgIpc) is 1.66. The number of ether oxygens (including phenoxy) is 11. The predicted molar refractivity (Wildman–Crippen MR) is 515 cm³/mol. The highest BCUT2D eigenvalue weighted by Gasteiger charge is 2.52. The van der Waals surface area contributed by atoms with Gasteiger partial charge in [-0.1, -0.05) is 70.9 Å². The molecule has 49 heteroatoms. The molecule has 4 aliphatic heterocycles. The van der Waals surface area contributed by atoms with Gasteiger partial charge in [0.25, 0.3) is 11.7 Å². The van der Waals surface area contributed by atoms with E-state index in [9.17, 15) is 119 Å². The number of carboxylic acids is 1. The van der Waals surface area contributed by atoms with Gasteiger partial charge in [0.15, 0.2) is 25.5 Å². The fraction of sp³-hybridized carbons (Fsp3) is 0.853. The highest BCUT2D eigenvalue weighted by atomic mass is 16.7. The van der Waals surface area contributed by atoms with Crippen LogP contribution in [0.25, 0.3) is 0 Å². The van der Waals surface area contributed by atoms with Crippen LogP contribution < -0.4 is 63.8 Å². The summed E-state index contributed by atoms with van der Waals surface area (Å²) in [5.41, 5.74) is -3.72. The number of nitrogens with one attached hydrogen (secondary N) is 12. The van der Waals surface area contributed by atoms with E-state index in [2.05, 4.69) is 69.0 Å². The van der Waals surface area contributed by atoms with Gasteiger partial charge in [-0.05, 0) is 83.0 Å². The van der Waals surface area contributed by atoms with Crippen LogP contribution in [0.4, 0.5) is 0 Å². The van der Waals surface area contributed by atoms with Gasteiger partial charge in [-0.15, -0.1) is 0 Å². The third-order valence-corrected chi connectivity index (χ3v) is 24.4. The number of hydrogen-bond donors (Lipinski definition) is 23. The summed E-state index contributed by atoms with van der Waals surface area (Å²) in [4.78, 5) is 171. The molecule has 0 saturated carbocycles. The molecular formula is C95H169N13O36. The van der Waals surface area contributed by atoms with E-state index in [-0.39, 0.29) is 207 Å². The van der Waals surface area contributed by atoms with Gasteiger partial charge in [-0.3, -0.25) is 57.5 Å². The first-order chi connectivity index (χ1) is 68.6. The maximum absolute atomic E-state index is 14.2. The zero-order chi connectivity index (χ0) is 106. The molecule has 4 fully saturated rings. The molecule has 0 aromatic heterocycles. The highest BCUT2D eigenvalue weighted by molar-refractivity contribution is 5.81. The molecule has 4 saturated heterocycles. The van der Waals surface area contributed by atoms with E-state index in [1.807, 2.05) is 20.8 Å². The molecule has 9 unspecified atom stereocenters. The van der Waals surface area contributed by atoms with Crippen molar-refractivity contribution in [2.75, 3.05) is 165 Å². The summed E-state index contributed by atoms with van der Waals surface area (Å²) in [7, 11) is 0. The standard InChI is InChI=1S/C95H169N13O36/c1-62(112)104-70-47-71(116)84(126)67(50-109)53-139-88(70)136-41-21-17-27-73(118)96-35-24-38-99-76(121)31-44-133-59-94(60-134-45-32-77(122)100-39-25-36-97-74(119)28-18-22-42-137-89-82(106-64(3)114)86(128)85(127)68(51-110)54-140-89,61-135-46-33-78(123)101-40-26-37-98-75(120)29-19-23-43-138-90-83(107-65(4)115)87(129)93(8,132)69(52-111)56-141-90)108-79(124)30-16-14-12-10-9-11-13-15-20-34-102-80(125)57-144-103-49-66-55-142-95(91(130)131,143-58-92(5,6)7)48-72(117)81(66)105-63(2)113/h49,66-72,81-90,109-111,116-117,126-129,132H,9-48,50-61H2,1-8H3,(H,96,118)(H,97,119)(H,98,120)(H,99,121)(H,100,122)(H,101,123)(H,102,125)(H,104,112)(H,105,113)(H,106,114)(H,107,115)(H,108,124)(H,130,131)/t66?,67?,68?,69?,70?,71?,72-,81+,82?,83+,84+,85+,86-,87?,88-,89-,90-,93+,94?,95-/m0/s1. The van der Waals surface area contributed by atoms with Crippen molar-refractivity contribution in [3.63, 3.8) is 0 Å². The minimum Gasteiger partial charge on any atom is -0.477 e. The van der Waals surface area contributed by atoms with Crippen LogP contribution in [-0.4, -0.2) is 401 Å². The highest BCUT2D eigenvalue weighted by Crippen LogP contribution is 2.34. The number of aliphatic carboxylic acids is 1. The third kappa shape index (κ3) is 52.6. The number of amides is 12. The van der Waals surface area contributed by atoms with Gasteiger partial charge in [-0.25, -0.2) is 4.79 Å². The summed E-state index contributed by atoms with van der Waals surface area (Å²) in [6.45, 7) is 9.86. The van der Waals surface area contributed by atoms with E-state index in [4.69, 9.17) is 56.9 Å². The van der Waals surface area contributed by atoms with Gasteiger partial charge < -0.3 is 177 Å². The molecule has 0 spiro atoms. The van der Waals surface area contributed by atoms with Crippen molar-refractivity contribution < 1.29 is 175 Å². The summed E-state index contributed by atoms with van der Waals surface area (Å²) < 4.78 is 64.8. The van der Waals surface area contributed by atoms with E-state index < -0.39 is 212 Å².